The van der Waals surface area contributed by atoms with Crippen molar-refractivity contribution < 1.29 is 14.3 Å². The van der Waals surface area contributed by atoms with E-state index in [0.717, 1.165) is 69.0 Å². The first-order valence-corrected chi connectivity index (χ1v) is 8.45. The Bertz CT molecular complexity index is 564. The zero-order valence-corrected chi connectivity index (χ0v) is 15.0. The number of carbonyl (C=O) groups excluding carboxylic acids is 1. The second kappa shape index (κ2) is 9.21. The summed E-state index contributed by atoms with van der Waals surface area (Å²) in [6, 6.07) is 7.86. The Labute approximate surface area is 150 Å². The Kier molecular flexibility index (Phi) is 7.28. The van der Waals surface area contributed by atoms with Gasteiger partial charge in [-0.2, -0.15) is 0 Å². The van der Waals surface area contributed by atoms with Crippen molar-refractivity contribution in [1.82, 2.24) is 4.90 Å². The number of allylic oxidation sites excluding steroid dienone is 1. The molecule has 0 aromatic heterocycles. The summed E-state index contributed by atoms with van der Waals surface area (Å²) >= 11 is 0. The van der Waals surface area contributed by atoms with Crippen LogP contribution in [0.4, 0.5) is 0 Å². The van der Waals surface area contributed by atoms with Crippen LogP contribution < -0.4 is 4.74 Å². The number of hydrogen-bond donors (Lipinski definition) is 0. The van der Waals surface area contributed by atoms with Gasteiger partial charge >= 0.3 is 0 Å². The van der Waals surface area contributed by atoms with Crippen molar-refractivity contribution in [1.29, 1.82) is 0 Å². The lowest BCUT2D eigenvalue weighted by Crippen LogP contribution is -2.37. The van der Waals surface area contributed by atoms with Gasteiger partial charge in [0.25, 0.3) is 0 Å². The highest BCUT2D eigenvalue weighted by molar-refractivity contribution is 6.03. The Morgan fingerprint density at radius 3 is 2.62 bits per heavy atom. The molecule has 1 aliphatic carbocycles. The fraction of sp³-hybridized carbons (Fsp3) is 0.526. The number of nitrogens with zero attached hydrogens (tertiary/aromatic N) is 1. The van der Waals surface area contributed by atoms with Crippen LogP contribution in [0.1, 0.15) is 24.8 Å². The number of carbonyl (C=O) groups is 1. The van der Waals surface area contributed by atoms with Crippen molar-refractivity contribution in [2.45, 2.75) is 19.3 Å². The zero-order valence-electron chi connectivity index (χ0n) is 14.2. The quantitative estimate of drug-likeness (QED) is 0.764. The molecule has 0 N–H and O–H groups in total. The van der Waals surface area contributed by atoms with Crippen molar-refractivity contribution in [2.24, 2.45) is 5.92 Å². The molecule has 0 amide bonds. The molecule has 4 nitrogen and oxygen atoms in total. The Morgan fingerprint density at radius 2 is 1.96 bits per heavy atom. The molecule has 1 aliphatic heterocycles. The highest BCUT2D eigenvalue weighted by Gasteiger charge is 2.29. The number of methoxy groups -OCH3 is 1. The molecule has 1 heterocycles. The lowest BCUT2D eigenvalue weighted by molar-refractivity contribution is -0.118. The van der Waals surface area contributed by atoms with Crippen LogP contribution in [0.15, 0.2) is 29.8 Å². The lowest BCUT2D eigenvalue weighted by atomic mass is 10.0. The van der Waals surface area contributed by atoms with E-state index in [0.29, 0.717) is 5.78 Å². The molecule has 1 saturated heterocycles. The van der Waals surface area contributed by atoms with E-state index in [4.69, 9.17) is 9.47 Å². The van der Waals surface area contributed by atoms with Gasteiger partial charge in [-0.25, -0.2) is 0 Å². The largest absolute Gasteiger partial charge is 0.497 e. The first-order valence-electron chi connectivity index (χ1n) is 8.45. The number of benzene rings is 1. The van der Waals surface area contributed by atoms with E-state index in [1.54, 1.807) is 7.11 Å². The number of hydrogen-bond acceptors (Lipinski definition) is 4. The zero-order chi connectivity index (χ0) is 16.1. The van der Waals surface area contributed by atoms with Crippen molar-refractivity contribution >= 4 is 24.3 Å². The standard InChI is InChI=1S/C19H25NO3.ClH/c1-22-18-6-2-15(3-7-18)14-17-5-4-16(19(17)21)8-9-20-10-12-23-13-11-20;/h2-3,6-7,14,16H,4-5,8-13H2,1H3;1H. The van der Waals surface area contributed by atoms with Crippen molar-refractivity contribution in [3.63, 3.8) is 0 Å². The molecule has 3 rings (SSSR count). The summed E-state index contributed by atoms with van der Waals surface area (Å²) in [5.74, 6) is 1.38. The normalized spacial score (nSPS) is 23.3. The molecule has 2 aliphatic rings. The van der Waals surface area contributed by atoms with Gasteiger partial charge in [0, 0.05) is 19.0 Å². The molecule has 1 unspecified atom stereocenters. The highest BCUT2D eigenvalue weighted by atomic mass is 35.5. The Hall–Kier alpha value is -1.36. The van der Waals surface area contributed by atoms with E-state index in [1.165, 1.54) is 0 Å². The van der Waals surface area contributed by atoms with Gasteiger partial charge in [0.15, 0.2) is 5.78 Å². The van der Waals surface area contributed by atoms with E-state index in [-0.39, 0.29) is 18.3 Å². The monoisotopic (exact) mass is 351 g/mol. The van der Waals surface area contributed by atoms with Crippen molar-refractivity contribution in [3.05, 3.63) is 35.4 Å². The summed E-state index contributed by atoms with van der Waals surface area (Å²) < 4.78 is 10.5. The molecule has 5 heteroatoms. The first kappa shape index (κ1) is 19.0. The first-order chi connectivity index (χ1) is 11.3. The maximum atomic E-state index is 12.6. The Balaban J connectivity index is 0.00000208. The molecular formula is C19H26ClNO3. The van der Waals surface area contributed by atoms with Gasteiger partial charge in [-0.3, -0.25) is 9.69 Å². The smallest absolute Gasteiger partial charge is 0.162 e. The predicted molar refractivity (Wildman–Crippen MR) is 97.8 cm³/mol. The average Bonchev–Trinajstić information content (AvgIpc) is 2.95. The van der Waals surface area contributed by atoms with Crippen LogP contribution in [0.25, 0.3) is 6.08 Å². The third-order valence-corrected chi connectivity index (χ3v) is 4.80. The van der Waals surface area contributed by atoms with E-state index < -0.39 is 0 Å². The van der Waals surface area contributed by atoms with E-state index in [9.17, 15) is 4.79 Å². The maximum absolute atomic E-state index is 12.6. The second-order valence-corrected chi connectivity index (χ2v) is 6.29. The maximum Gasteiger partial charge on any atom is 0.162 e. The third kappa shape index (κ3) is 4.82. The van der Waals surface area contributed by atoms with Crippen LogP contribution in [0, 0.1) is 5.92 Å². The van der Waals surface area contributed by atoms with Crippen LogP contribution >= 0.6 is 12.4 Å². The Morgan fingerprint density at radius 1 is 1.25 bits per heavy atom. The SMILES string of the molecule is COc1ccc(C=C2CCC(CCN3CCOCC3)C2=O)cc1.Cl. The summed E-state index contributed by atoms with van der Waals surface area (Å²) in [7, 11) is 1.66. The molecule has 1 aromatic carbocycles. The predicted octanol–water partition coefficient (Wildman–Crippen LogP) is 3.20. The molecule has 1 atom stereocenters. The third-order valence-electron chi connectivity index (χ3n) is 4.80. The summed E-state index contributed by atoms with van der Waals surface area (Å²) in [6.45, 7) is 4.64. The van der Waals surface area contributed by atoms with Gasteiger partial charge in [-0.15, -0.1) is 12.4 Å². The lowest BCUT2D eigenvalue weighted by Gasteiger charge is -2.27. The minimum Gasteiger partial charge on any atom is -0.497 e. The average molecular weight is 352 g/mol. The summed E-state index contributed by atoms with van der Waals surface area (Å²) in [6.07, 6.45) is 4.90. The molecule has 2 fully saturated rings. The summed E-state index contributed by atoms with van der Waals surface area (Å²) in [5.41, 5.74) is 2.05. The van der Waals surface area contributed by atoms with Crippen LogP contribution in [0.5, 0.6) is 5.75 Å². The van der Waals surface area contributed by atoms with E-state index in [2.05, 4.69) is 4.90 Å². The molecule has 1 saturated carbocycles. The van der Waals surface area contributed by atoms with Crippen molar-refractivity contribution in [3.8, 4) is 5.75 Å². The number of morpholine rings is 1. The summed E-state index contributed by atoms with van der Waals surface area (Å²) in [4.78, 5) is 15.0. The van der Waals surface area contributed by atoms with Gasteiger partial charge in [0.2, 0.25) is 0 Å². The minimum absolute atomic E-state index is 0. The molecular weight excluding hydrogens is 326 g/mol. The van der Waals surface area contributed by atoms with Crippen LogP contribution in [0.2, 0.25) is 0 Å². The van der Waals surface area contributed by atoms with Crippen molar-refractivity contribution in [2.75, 3.05) is 40.0 Å². The van der Waals surface area contributed by atoms with Crippen LogP contribution in [-0.2, 0) is 9.53 Å². The molecule has 0 bridgehead atoms. The van der Waals surface area contributed by atoms with Gasteiger partial charge in [0.1, 0.15) is 5.75 Å². The van der Waals surface area contributed by atoms with Crippen LogP contribution in [-0.4, -0.2) is 50.6 Å². The fourth-order valence-corrected chi connectivity index (χ4v) is 3.33. The summed E-state index contributed by atoms with van der Waals surface area (Å²) in [5, 5.41) is 0. The molecule has 0 radical (unpaired) electrons. The van der Waals surface area contributed by atoms with Gasteiger partial charge < -0.3 is 9.47 Å². The number of ether oxygens (including phenoxy) is 2. The molecule has 132 valence electrons. The minimum atomic E-state index is 0. The van der Waals surface area contributed by atoms with Gasteiger partial charge in [0.05, 0.1) is 20.3 Å². The number of ketones is 1. The fourth-order valence-electron chi connectivity index (χ4n) is 3.33. The van der Waals surface area contributed by atoms with Gasteiger partial charge in [-0.1, -0.05) is 12.1 Å². The topological polar surface area (TPSA) is 38.8 Å². The van der Waals surface area contributed by atoms with E-state index in [1.807, 2.05) is 30.3 Å². The highest BCUT2D eigenvalue weighted by Crippen LogP contribution is 2.31. The molecule has 24 heavy (non-hydrogen) atoms. The van der Waals surface area contributed by atoms with Gasteiger partial charge in [-0.05, 0) is 55.2 Å². The molecule has 0 spiro atoms. The number of rotatable bonds is 5. The number of halogens is 1. The molecule has 1 aromatic rings. The number of Topliss-reactive ketones (excluding diaryl/α,β-unsaturated/α-hetero) is 1. The van der Waals surface area contributed by atoms with Crippen LogP contribution in [0.3, 0.4) is 0 Å². The van der Waals surface area contributed by atoms with E-state index >= 15 is 0 Å². The second-order valence-electron chi connectivity index (χ2n) is 6.29.